The maximum Gasteiger partial charge on any atom is 3.00 e. The van der Waals surface area contributed by atoms with Gasteiger partial charge < -0.3 is 21.5 Å². The van der Waals surface area contributed by atoms with Crippen molar-refractivity contribution >= 4 is 23.3 Å². The van der Waals surface area contributed by atoms with Crippen LogP contribution < -0.4 is 0 Å². The minimum atomic E-state index is -0.827. The predicted molar refractivity (Wildman–Crippen MR) is 63.6 cm³/mol. The van der Waals surface area contributed by atoms with Crippen molar-refractivity contribution in [3.8, 4) is 0 Å². The zero-order valence-electron chi connectivity index (χ0n) is 9.71. The number of unbranched alkanes of at least 4 members (excludes halogenated alkanes) is 1. The third-order valence-electron chi connectivity index (χ3n) is 2.05. The van der Waals surface area contributed by atoms with Crippen LogP contribution in [0.15, 0.2) is 24.3 Å². The smallest absolute Gasteiger partial charge is 0.870 e. The summed E-state index contributed by atoms with van der Waals surface area (Å²) in [4.78, 5) is 10.8. The van der Waals surface area contributed by atoms with E-state index in [1.165, 1.54) is 0 Å². The Hall–Kier alpha value is -0.898. The zero-order valence-corrected chi connectivity index (χ0v) is 10.9. The van der Waals surface area contributed by atoms with E-state index in [9.17, 15) is 4.79 Å². The fraction of sp³-hybridized carbons (Fsp3) is 0.364. The molecule has 1 aromatic rings. The summed E-state index contributed by atoms with van der Waals surface area (Å²) >= 11 is 0. The van der Waals surface area contributed by atoms with Gasteiger partial charge in [-0.2, -0.15) is 0 Å². The van der Waals surface area contributed by atoms with E-state index in [0.717, 1.165) is 24.8 Å². The van der Waals surface area contributed by atoms with E-state index >= 15 is 0 Å². The molecule has 0 aliphatic carbocycles. The van der Waals surface area contributed by atoms with Gasteiger partial charge in [0.2, 0.25) is 0 Å². The van der Waals surface area contributed by atoms with Crippen LogP contribution in [0.5, 0.6) is 0 Å². The van der Waals surface area contributed by atoms with Crippen molar-refractivity contribution < 1.29 is 26.3 Å². The number of hydrogen-bond donors (Lipinski definition) is 1. The molecule has 0 saturated heterocycles. The van der Waals surface area contributed by atoms with Crippen LogP contribution in [0.2, 0.25) is 0 Å². The Morgan fingerprint density at radius 1 is 1.18 bits per heavy atom. The molecule has 0 aliphatic rings. The Balaban J connectivity index is -0.000000211. The van der Waals surface area contributed by atoms with E-state index < -0.39 is 5.97 Å². The van der Waals surface area contributed by atoms with Crippen molar-refractivity contribution in [1.29, 1.82) is 0 Å². The number of carboxylic acid groups (broad SMARTS) is 1. The quantitative estimate of drug-likeness (QED) is 0.821. The largest absolute Gasteiger partial charge is 3.00 e. The molecule has 0 spiro atoms. The summed E-state index contributed by atoms with van der Waals surface area (Å²) < 4.78 is 0. The van der Waals surface area contributed by atoms with Crippen LogP contribution in [0, 0.1) is 0 Å². The van der Waals surface area contributed by atoms with E-state index in [1.807, 2.05) is 12.1 Å². The van der Waals surface area contributed by atoms with Gasteiger partial charge in [-0.15, -0.1) is 0 Å². The Morgan fingerprint density at radius 2 is 1.71 bits per heavy atom. The van der Waals surface area contributed by atoms with Crippen molar-refractivity contribution in [3.05, 3.63) is 35.4 Å². The average Bonchev–Trinajstić information content (AvgIpc) is 2.15. The summed E-state index contributed by atoms with van der Waals surface area (Å²) in [6, 6.07) is 7.20. The molecule has 0 aromatic heterocycles. The fourth-order valence-corrected chi connectivity index (χ4v) is 1.31. The van der Waals surface area contributed by atoms with E-state index in [4.69, 9.17) is 5.11 Å². The van der Waals surface area contributed by atoms with Gasteiger partial charge in [0.25, 0.3) is 0 Å². The average molecular weight is 256 g/mol. The van der Waals surface area contributed by atoms with Crippen LogP contribution in [0.4, 0.5) is 0 Å². The molecule has 0 fully saturated rings. The number of aromatic carboxylic acids is 1. The van der Waals surface area contributed by atoms with E-state index in [1.54, 1.807) is 12.1 Å². The first-order valence-corrected chi connectivity index (χ1v) is 4.57. The second kappa shape index (κ2) is 13.2. The van der Waals surface area contributed by atoms with Crippen LogP contribution in [0.25, 0.3) is 0 Å². The summed E-state index contributed by atoms with van der Waals surface area (Å²) in [7, 11) is 0. The molecule has 17 heavy (non-hydrogen) atoms. The molecule has 1 aromatic carbocycles. The Labute approximate surface area is 112 Å². The van der Waals surface area contributed by atoms with Gasteiger partial charge in [-0.25, -0.2) is 4.79 Å². The van der Waals surface area contributed by atoms with Crippen molar-refractivity contribution in [2.45, 2.75) is 26.2 Å². The summed E-state index contributed by atoms with van der Waals surface area (Å²) in [5, 5.41) is 8.86. The van der Waals surface area contributed by atoms with Gasteiger partial charge in [-0.1, -0.05) is 31.5 Å². The number of rotatable bonds is 4. The minimum absolute atomic E-state index is 0. The molecule has 6 heteroatoms. The molecule has 0 heterocycles. The Bertz CT molecular complexity index is 304. The molecule has 4 N–H and O–H groups in total. The van der Waals surface area contributed by atoms with Crippen molar-refractivity contribution in [2.75, 3.05) is 0 Å². The first-order valence-electron chi connectivity index (χ1n) is 4.57. The molecular formula is C11H17AlO5. The number of benzene rings is 1. The molecule has 0 unspecified atom stereocenters. The van der Waals surface area contributed by atoms with E-state index in [2.05, 4.69) is 6.92 Å². The SMILES string of the molecule is CCCCc1ccccc1C(=O)O.[Al+3].[OH-].[OH-].[OH-]. The molecule has 0 atom stereocenters. The van der Waals surface area contributed by atoms with Gasteiger partial charge in [0.05, 0.1) is 5.56 Å². The normalized spacial score (nSPS) is 7.59. The van der Waals surface area contributed by atoms with Crippen LogP contribution in [0.3, 0.4) is 0 Å². The molecule has 5 nitrogen and oxygen atoms in total. The molecule has 0 bridgehead atoms. The number of hydrogen-bond acceptors (Lipinski definition) is 4. The zero-order chi connectivity index (χ0) is 9.68. The number of carboxylic acids is 1. The van der Waals surface area contributed by atoms with Gasteiger partial charge >= 0.3 is 23.3 Å². The standard InChI is InChI=1S/C11H14O2.Al.3H2O/c1-2-3-6-9-7-4-5-8-10(9)11(12)13;;;;/h4-5,7-8H,2-3,6H2,1H3,(H,12,13);;3*1H2/q;+3;;;/p-3. The first kappa shape index (κ1) is 25.1. The number of aryl methyl sites for hydroxylation is 1. The van der Waals surface area contributed by atoms with Gasteiger partial charge in [-0.3, -0.25) is 0 Å². The summed E-state index contributed by atoms with van der Waals surface area (Å²) in [6.07, 6.45) is 3.00. The van der Waals surface area contributed by atoms with Gasteiger partial charge in [0, 0.05) is 0 Å². The first-order chi connectivity index (χ1) is 6.25. The third-order valence-corrected chi connectivity index (χ3v) is 2.05. The Morgan fingerprint density at radius 3 is 2.18 bits per heavy atom. The molecule has 0 amide bonds. The summed E-state index contributed by atoms with van der Waals surface area (Å²) in [5.41, 5.74) is 1.38. The third kappa shape index (κ3) is 7.91. The fourth-order valence-electron chi connectivity index (χ4n) is 1.31. The maximum absolute atomic E-state index is 10.8. The van der Waals surface area contributed by atoms with Gasteiger partial charge in [0.1, 0.15) is 0 Å². The van der Waals surface area contributed by atoms with E-state index in [0.29, 0.717) is 5.56 Å². The maximum atomic E-state index is 10.8. The van der Waals surface area contributed by atoms with Crippen LogP contribution >= 0.6 is 0 Å². The topological polar surface area (TPSA) is 127 Å². The molecule has 0 saturated carbocycles. The number of carbonyl (C=O) groups is 1. The second-order valence-electron chi connectivity index (χ2n) is 3.07. The van der Waals surface area contributed by atoms with Crippen LogP contribution in [-0.2, 0) is 6.42 Å². The van der Waals surface area contributed by atoms with Gasteiger partial charge in [0.15, 0.2) is 0 Å². The van der Waals surface area contributed by atoms with Crippen molar-refractivity contribution in [1.82, 2.24) is 0 Å². The van der Waals surface area contributed by atoms with E-state index in [-0.39, 0.29) is 33.8 Å². The van der Waals surface area contributed by atoms with Crippen LogP contribution in [-0.4, -0.2) is 44.9 Å². The minimum Gasteiger partial charge on any atom is -0.870 e. The molecule has 1 rings (SSSR count). The van der Waals surface area contributed by atoms with Crippen molar-refractivity contribution in [3.63, 3.8) is 0 Å². The molecular weight excluding hydrogens is 239 g/mol. The predicted octanol–water partition coefficient (Wildman–Crippen LogP) is 1.82. The molecule has 0 aliphatic heterocycles. The van der Waals surface area contributed by atoms with Gasteiger partial charge in [-0.05, 0) is 24.5 Å². The Kier molecular flexibility index (Phi) is 19.4. The molecule has 94 valence electrons. The summed E-state index contributed by atoms with van der Waals surface area (Å²) in [5.74, 6) is -0.827. The second-order valence-corrected chi connectivity index (χ2v) is 3.07. The molecule has 0 radical (unpaired) electrons. The van der Waals surface area contributed by atoms with Crippen LogP contribution in [0.1, 0.15) is 35.7 Å². The summed E-state index contributed by atoms with van der Waals surface area (Å²) in [6.45, 7) is 2.10. The monoisotopic (exact) mass is 256 g/mol. The van der Waals surface area contributed by atoms with Crippen molar-refractivity contribution in [2.24, 2.45) is 0 Å².